The topological polar surface area (TPSA) is 69.6 Å². The minimum Gasteiger partial charge on any atom is -0.481 e. The second-order valence-electron chi connectivity index (χ2n) is 6.37. The van der Waals surface area contributed by atoms with E-state index in [2.05, 4.69) is 19.2 Å². The zero-order chi connectivity index (χ0) is 14.2. The van der Waals surface area contributed by atoms with Crippen LogP contribution in [0, 0.1) is 23.2 Å². The van der Waals surface area contributed by atoms with Crippen LogP contribution in [0.15, 0.2) is 0 Å². The van der Waals surface area contributed by atoms with Crippen molar-refractivity contribution in [2.75, 3.05) is 26.2 Å². The van der Waals surface area contributed by atoms with Crippen LogP contribution in [0.2, 0.25) is 0 Å². The van der Waals surface area contributed by atoms with E-state index in [9.17, 15) is 14.7 Å². The van der Waals surface area contributed by atoms with Gasteiger partial charge < -0.3 is 15.3 Å². The fourth-order valence-corrected chi connectivity index (χ4v) is 3.40. The second kappa shape index (κ2) is 5.12. The van der Waals surface area contributed by atoms with Gasteiger partial charge in [-0.3, -0.25) is 9.59 Å². The number of carbonyl (C=O) groups is 2. The molecule has 0 aliphatic carbocycles. The molecule has 0 radical (unpaired) electrons. The van der Waals surface area contributed by atoms with Crippen LogP contribution in [0.1, 0.15) is 27.2 Å². The van der Waals surface area contributed by atoms with E-state index in [0.29, 0.717) is 19.6 Å². The van der Waals surface area contributed by atoms with E-state index in [-0.39, 0.29) is 23.2 Å². The third kappa shape index (κ3) is 2.36. The zero-order valence-electron chi connectivity index (χ0n) is 12.0. The summed E-state index contributed by atoms with van der Waals surface area (Å²) in [6, 6.07) is 0. The number of carboxylic acid groups (broad SMARTS) is 1. The summed E-state index contributed by atoms with van der Waals surface area (Å²) in [6.45, 7) is 8.61. The van der Waals surface area contributed by atoms with Crippen molar-refractivity contribution in [1.82, 2.24) is 10.2 Å². The smallest absolute Gasteiger partial charge is 0.308 e. The minimum atomic E-state index is -0.786. The molecule has 2 heterocycles. The Balaban J connectivity index is 2.14. The highest BCUT2D eigenvalue weighted by molar-refractivity contribution is 5.85. The van der Waals surface area contributed by atoms with Gasteiger partial charge in [-0.05, 0) is 24.8 Å². The maximum atomic E-state index is 12.8. The Hall–Kier alpha value is -1.10. The lowest BCUT2D eigenvalue weighted by molar-refractivity contribution is -0.144. The van der Waals surface area contributed by atoms with Gasteiger partial charge in [0.1, 0.15) is 0 Å². The van der Waals surface area contributed by atoms with Crippen LogP contribution in [0.5, 0.6) is 0 Å². The number of aliphatic carboxylic acids is 1. The Bertz CT molecular complexity index is 375. The molecule has 0 aromatic carbocycles. The summed E-state index contributed by atoms with van der Waals surface area (Å²) in [4.78, 5) is 25.8. The maximum Gasteiger partial charge on any atom is 0.308 e. The Labute approximate surface area is 114 Å². The highest BCUT2D eigenvalue weighted by atomic mass is 16.4. The number of amides is 1. The van der Waals surface area contributed by atoms with E-state index < -0.39 is 11.9 Å². The summed E-state index contributed by atoms with van der Waals surface area (Å²) >= 11 is 0. The van der Waals surface area contributed by atoms with Crippen molar-refractivity contribution in [2.24, 2.45) is 23.2 Å². The Morgan fingerprint density at radius 1 is 1.37 bits per heavy atom. The van der Waals surface area contributed by atoms with Gasteiger partial charge in [-0.2, -0.15) is 0 Å². The molecule has 2 aliphatic rings. The molecule has 2 fully saturated rings. The van der Waals surface area contributed by atoms with E-state index in [0.717, 1.165) is 13.0 Å². The van der Waals surface area contributed by atoms with Crippen LogP contribution in [-0.4, -0.2) is 48.1 Å². The van der Waals surface area contributed by atoms with E-state index in [1.54, 1.807) is 4.90 Å². The van der Waals surface area contributed by atoms with Gasteiger partial charge >= 0.3 is 5.97 Å². The van der Waals surface area contributed by atoms with Gasteiger partial charge in [0.25, 0.3) is 0 Å². The zero-order valence-corrected chi connectivity index (χ0v) is 12.0. The number of rotatable bonds is 3. The fourth-order valence-electron chi connectivity index (χ4n) is 3.40. The van der Waals surface area contributed by atoms with Crippen molar-refractivity contribution in [1.29, 1.82) is 0 Å². The van der Waals surface area contributed by atoms with Gasteiger partial charge in [-0.25, -0.2) is 0 Å². The van der Waals surface area contributed by atoms with Crippen LogP contribution in [0.25, 0.3) is 0 Å². The van der Waals surface area contributed by atoms with Gasteiger partial charge in [-0.1, -0.05) is 20.8 Å². The lowest BCUT2D eigenvalue weighted by atomic mass is 9.75. The highest BCUT2D eigenvalue weighted by Gasteiger charge is 2.49. The molecular weight excluding hydrogens is 244 g/mol. The predicted molar refractivity (Wildman–Crippen MR) is 71.6 cm³/mol. The van der Waals surface area contributed by atoms with Gasteiger partial charge in [-0.15, -0.1) is 0 Å². The summed E-state index contributed by atoms with van der Waals surface area (Å²) in [5.74, 6) is -0.745. The second-order valence-corrected chi connectivity index (χ2v) is 6.37. The molecule has 5 nitrogen and oxygen atoms in total. The largest absolute Gasteiger partial charge is 0.481 e. The molecule has 5 heteroatoms. The summed E-state index contributed by atoms with van der Waals surface area (Å²) in [5, 5.41) is 12.5. The standard InChI is InChI=1S/C14H24N2O3/c1-9(2)14(4-5-15-8-14)13(19)16-6-10(3)11(7-16)12(17)18/h9-11,15H,4-8H2,1-3H3,(H,17,18). The quantitative estimate of drug-likeness (QED) is 0.794. The van der Waals surface area contributed by atoms with Crippen molar-refractivity contribution in [3.05, 3.63) is 0 Å². The molecule has 1 amide bonds. The molecule has 19 heavy (non-hydrogen) atoms. The molecule has 3 atom stereocenters. The average molecular weight is 268 g/mol. The summed E-state index contributed by atoms with van der Waals surface area (Å²) in [7, 11) is 0. The van der Waals surface area contributed by atoms with E-state index in [1.165, 1.54) is 0 Å². The number of carbonyl (C=O) groups excluding carboxylic acids is 1. The Kier molecular flexibility index (Phi) is 3.85. The van der Waals surface area contributed by atoms with Crippen molar-refractivity contribution in [3.63, 3.8) is 0 Å². The molecule has 2 saturated heterocycles. The molecule has 0 bridgehead atoms. The first-order valence-electron chi connectivity index (χ1n) is 7.11. The summed E-state index contributed by atoms with van der Waals surface area (Å²) in [5.41, 5.74) is -0.340. The molecule has 2 rings (SSSR count). The first-order valence-corrected chi connectivity index (χ1v) is 7.11. The Morgan fingerprint density at radius 3 is 2.47 bits per heavy atom. The number of hydrogen-bond acceptors (Lipinski definition) is 3. The van der Waals surface area contributed by atoms with Crippen molar-refractivity contribution in [3.8, 4) is 0 Å². The monoisotopic (exact) mass is 268 g/mol. The van der Waals surface area contributed by atoms with Crippen molar-refractivity contribution in [2.45, 2.75) is 27.2 Å². The van der Waals surface area contributed by atoms with Crippen LogP contribution < -0.4 is 5.32 Å². The van der Waals surface area contributed by atoms with Crippen LogP contribution >= 0.6 is 0 Å². The van der Waals surface area contributed by atoms with E-state index in [4.69, 9.17) is 0 Å². The lowest BCUT2D eigenvalue weighted by Gasteiger charge is -2.35. The average Bonchev–Trinajstić information content (AvgIpc) is 2.94. The molecule has 0 saturated carbocycles. The van der Waals surface area contributed by atoms with Crippen LogP contribution in [0.4, 0.5) is 0 Å². The fraction of sp³-hybridized carbons (Fsp3) is 0.857. The number of hydrogen-bond donors (Lipinski definition) is 2. The van der Waals surface area contributed by atoms with Gasteiger partial charge in [0.15, 0.2) is 0 Å². The third-order valence-electron chi connectivity index (χ3n) is 4.94. The molecule has 3 unspecified atom stereocenters. The van der Waals surface area contributed by atoms with Gasteiger partial charge in [0, 0.05) is 19.6 Å². The van der Waals surface area contributed by atoms with Crippen molar-refractivity contribution >= 4 is 11.9 Å². The van der Waals surface area contributed by atoms with E-state index in [1.807, 2.05) is 6.92 Å². The SMILES string of the molecule is CC1CN(C(=O)C2(C(C)C)CCNC2)CC1C(=O)O. The molecule has 0 spiro atoms. The molecule has 108 valence electrons. The summed E-state index contributed by atoms with van der Waals surface area (Å²) < 4.78 is 0. The molecule has 2 aliphatic heterocycles. The Morgan fingerprint density at radius 2 is 2.05 bits per heavy atom. The minimum absolute atomic E-state index is 0.0417. The van der Waals surface area contributed by atoms with E-state index >= 15 is 0 Å². The normalized spacial score (nSPS) is 35.1. The first-order chi connectivity index (χ1) is 8.88. The highest BCUT2D eigenvalue weighted by Crippen LogP contribution is 2.38. The molecular formula is C14H24N2O3. The molecule has 2 N–H and O–H groups in total. The number of nitrogens with zero attached hydrogens (tertiary/aromatic N) is 1. The van der Waals surface area contributed by atoms with Crippen molar-refractivity contribution < 1.29 is 14.7 Å². The van der Waals surface area contributed by atoms with Gasteiger partial charge in [0.2, 0.25) is 5.91 Å². The third-order valence-corrected chi connectivity index (χ3v) is 4.94. The maximum absolute atomic E-state index is 12.8. The first kappa shape index (κ1) is 14.3. The lowest BCUT2D eigenvalue weighted by Crippen LogP contribution is -2.47. The number of carboxylic acids is 1. The predicted octanol–water partition coefficient (Wildman–Crippen LogP) is 0.801. The van der Waals surface area contributed by atoms with Crippen LogP contribution in [-0.2, 0) is 9.59 Å². The molecule has 0 aromatic heterocycles. The number of likely N-dealkylation sites (tertiary alicyclic amines) is 1. The van der Waals surface area contributed by atoms with Gasteiger partial charge in [0.05, 0.1) is 11.3 Å². The number of nitrogens with one attached hydrogen (secondary N) is 1. The summed E-state index contributed by atoms with van der Waals surface area (Å²) in [6.07, 6.45) is 0.853. The molecule has 0 aromatic rings. The van der Waals surface area contributed by atoms with Crippen LogP contribution in [0.3, 0.4) is 0 Å².